The third-order valence-electron chi connectivity index (χ3n) is 4.40. The van der Waals surface area contributed by atoms with Crippen LogP contribution in [0.15, 0.2) is 47.2 Å². The number of rotatable bonds is 8. The van der Waals surface area contributed by atoms with Crippen LogP contribution in [0, 0.1) is 0 Å². The zero-order valence-corrected chi connectivity index (χ0v) is 17.0. The number of aryl methyl sites for hydroxylation is 1. The van der Waals surface area contributed by atoms with E-state index in [0.29, 0.717) is 23.6 Å². The lowest BCUT2D eigenvalue weighted by atomic mass is 10.1. The van der Waals surface area contributed by atoms with E-state index < -0.39 is 0 Å². The van der Waals surface area contributed by atoms with Crippen molar-refractivity contribution in [2.24, 2.45) is 7.05 Å². The van der Waals surface area contributed by atoms with E-state index in [9.17, 15) is 9.59 Å². The van der Waals surface area contributed by atoms with Crippen molar-refractivity contribution < 1.29 is 18.8 Å². The molecule has 8 heteroatoms. The second-order valence-electron chi connectivity index (χ2n) is 7.10. The Bertz CT molecular complexity index is 1010. The van der Waals surface area contributed by atoms with Gasteiger partial charge in [-0.1, -0.05) is 17.3 Å². The molecule has 2 heterocycles. The number of Topliss-reactive ketones (excluding diaryl/α,β-unsaturated/α-hetero) is 1. The summed E-state index contributed by atoms with van der Waals surface area (Å²) in [6, 6.07) is 8.45. The first-order valence-corrected chi connectivity index (χ1v) is 9.31. The number of benzene rings is 1. The van der Waals surface area contributed by atoms with Crippen molar-refractivity contribution in [3.05, 3.63) is 65.3 Å². The molecule has 0 atom stereocenters. The molecule has 0 saturated heterocycles. The highest BCUT2D eigenvalue weighted by Crippen LogP contribution is 2.17. The molecule has 0 aliphatic heterocycles. The van der Waals surface area contributed by atoms with Gasteiger partial charge in [0, 0.05) is 43.0 Å². The van der Waals surface area contributed by atoms with Gasteiger partial charge in [0.2, 0.25) is 0 Å². The maximum Gasteiger partial charge on any atom is 0.276 e. The molecule has 0 spiro atoms. The minimum Gasteiger partial charge on any atom is -0.486 e. The number of ether oxygens (including phenoxy) is 1. The third-order valence-corrected chi connectivity index (χ3v) is 4.40. The molecule has 0 aliphatic carbocycles. The zero-order valence-electron chi connectivity index (χ0n) is 17.0. The van der Waals surface area contributed by atoms with E-state index >= 15 is 0 Å². The van der Waals surface area contributed by atoms with Crippen LogP contribution in [0.25, 0.3) is 0 Å². The monoisotopic (exact) mass is 396 g/mol. The van der Waals surface area contributed by atoms with Crippen LogP contribution in [0.1, 0.15) is 52.9 Å². The number of carbonyl (C=O) groups excluding carboxylic acids is 2. The highest BCUT2D eigenvalue weighted by atomic mass is 16.5. The first-order chi connectivity index (χ1) is 13.8. The smallest absolute Gasteiger partial charge is 0.276 e. The van der Waals surface area contributed by atoms with Crippen LogP contribution in [0.4, 0.5) is 0 Å². The van der Waals surface area contributed by atoms with Gasteiger partial charge in [-0.05, 0) is 32.9 Å². The van der Waals surface area contributed by atoms with Crippen molar-refractivity contribution in [3.63, 3.8) is 0 Å². The lowest BCUT2D eigenvalue weighted by molar-refractivity contribution is 0.0679. The summed E-state index contributed by atoms with van der Waals surface area (Å²) in [7, 11) is 1.83. The Morgan fingerprint density at radius 2 is 2.07 bits per heavy atom. The highest BCUT2D eigenvalue weighted by Gasteiger charge is 2.23. The Balaban J connectivity index is 1.66. The van der Waals surface area contributed by atoms with E-state index in [-0.39, 0.29) is 30.0 Å². The molecule has 0 fully saturated rings. The zero-order chi connectivity index (χ0) is 21.0. The molecule has 8 nitrogen and oxygen atoms in total. The summed E-state index contributed by atoms with van der Waals surface area (Å²) >= 11 is 0. The molecule has 0 aliphatic rings. The highest BCUT2D eigenvalue weighted by molar-refractivity contribution is 5.94. The molecule has 29 heavy (non-hydrogen) atoms. The van der Waals surface area contributed by atoms with Crippen LogP contribution >= 0.6 is 0 Å². The Morgan fingerprint density at radius 3 is 2.72 bits per heavy atom. The van der Waals surface area contributed by atoms with Gasteiger partial charge in [-0.15, -0.1) is 0 Å². The molecule has 1 aromatic carbocycles. The maximum absolute atomic E-state index is 12.9. The average Bonchev–Trinajstić information content (AvgIpc) is 3.33. The fourth-order valence-corrected chi connectivity index (χ4v) is 2.83. The summed E-state index contributed by atoms with van der Waals surface area (Å²) in [5.41, 5.74) is 1.73. The van der Waals surface area contributed by atoms with Crippen LogP contribution in [-0.4, -0.2) is 37.6 Å². The second-order valence-corrected chi connectivity index (χ2v) is 7.10. The number of hydrogen-bond donors (Lipinski definition) is 0. The summed E-state index contributed by atoms with van der Waals surface area (Å²) in [6.45, 7) is 5.92. The standard InChI is InChI=1S/C21H24N4O4/c1-14(2)25(12-16-10-22-24(4)11-16)21(27)20-9-19(29-23-20)13-28-18-7-5-6-17(8-18)15(3)26/h5-11,14H,12-13H2,1-4H3. The molecule has 0 N–H and O–H groups in total. The van der Waals surface area contributed by atoms with E-state index in [1.165, 1.54) is 6.92 Å². The van der Waals surface area contributed by atoms with E-state index in [4.69, 9.17) is 9.26 Å². The predicted octanol–water partition coefficient (Wildman–Crippen LogP) is 3.24. The first-order valence-electron chi connectivity index (χ1n) is 9.31. The van der Waals surface area contributed by atoms with Crippen LogP contribution in [0.5, 0.6) is 5.75 Å². The van der Waals surface area contributed by atoms with Crippen molar-refractivity contribution in [2.45, 2.75) is 40.0 Å². The first kappa shape index (κ1) is 20.3. The van der Waals surface area contributed by atoms with Gasteiger partial charge in [0.1, 0.15) is 12.4 Å². The topological polar surface area (TPSA) is 90.5 Å². The van der Waals surface area contributed by atoms with Crippen LogP contribution < -0.4 is 4.74 Å². The van der Waals surface area contributed by atoms with E-state index in [1.807, 2.05) is 27.1 Å². The Morgan fingerprint density at radius 1 is 1.28 bits per heavy atom. The molecular formula is C21H24N4O4. The van der Waals surface area contributed by atoms with E-state index in [2.05, 4.69) is 10.3 Å². The molecular weight excluding hydrogens is 372 g/mol. The predicted molar refractivity (Wildman–Crippen MR) is 105 cm³/mol. The van der Waals surface area contributed by atoms with Gasteiger partial charge < -0.3 is 14.2 Å². The molecule has 0 radical (unpaired) electrons. The summed E-state index contributed by atoms with van der Waals surface area (Å²) in [5.74, 6) is 0.705. The molecule has 2 aromatic heterocycles. The lowest BCUT2D eigenvalue weighted by Crippen LogP contribution is -2.36. The molecule has 3 aromatic rings. The fraction of sp³-hybridized carbons (Fsp3) is 0.333. The minimum absolute atomic E-state index is 0.0200. The van der Waals surface area contributed by atoms with Gasteiger partial charge in [-0.3, -0.25) is 14.3 Å². The van der Waals surface area contributed by atoms with Crippen molar-refractivity contribution in [2.75, 3.05) is 0 Å². The summed E-state index contributed by atoms with van der Waals surface area (Å²) < 4.78 is 12.6. The molecule has 0 saturated carbocycles. The number of nitrogens with zero attached hydrogens (tertiary/aromatic N) is 4. The Kier molecular flexibility index (Phi) is 6.11. The Labute approximate surface area is 169 Å². The molecule has 152 valence electrons. The quantitative estimate of drug-likeness (QED) is 0.543. The molecule has 0 bridgehead atoms. The van der Waals surface area contributed by atoms with E-state index in [1.54, 1.807) is 46.1 Å². The van der Waals surface area contributed by atoms with Crippen LogP contribution in [-0.2, 0) is 20.2 Å². The van der Waals surface area contributed by atoms with Gasteiger partial charge in [0.15, 0.2) is 17.2 Å². The SMILES string of the molecule is CC(=O)c1cccc(OCc2cc(C(=O)N(Cc3cnn(C)c3)C(C)C)no2)c1. The van der Waals surface area contributed by atoms with Crippen molar-refractivity contribution >= 4 is 11.7 Å². The van der Waals surface area contributed by atoms with Gasteiger partial charge >= 0.3 is 0 Å². The second kappa shape index (κ2) is 8.72. The third kappa shape index (κ3) is 5.10. The number of hydrogen-bond acceptors (Lipinski definition) is 6. The van der Waals surface area contributed by atoms with Gasteiger partial charge in [0.05, 0.1) is 6.20 Å². The minimum atomic E-state index is -0.225. The number of aromatic nitrogens is 3. The maximum atomic E-state index is 12.9. The van der Waals surface area contributed by atoms with Gasteiger partial charge in [-0.25, -0.2) is 0 Å². The van der Waals surface area contributed by atoms with Crippen molar-refractivity contribution in [1.82, 2.24) is 19.8 Å². The lowest BCUT2D eigenvalue weighted by Gasteiger charge is -2.25. The summed E-state index contributed by atoms with van der Waals surface area (Å²) in [4.78, 5) is 26.1. The van der Waals surface area contributed by atoms with Gasteiger partial charge in [-0.2, -0.15) is 5.10 Å². The molecule has 3 rings (SSSR count). The van der Waals surface area contributed by atoms with Crippen LogP contribution in [0.2, 0.25) is 0 Å². The van der Waals surface area contributed by atoms with Crippen molar-refractivity contribution in [1.29, 1.82) is 0 Å². The van der Waals surface area contributed by atoms with Crippen molar-refractivity contribution in [3.8, 4) is 5.75 Å². The Hall–Kier alpha value is -3.42. The number of carbonyl (C=O) groups is 2. The van der Waals surface area contributed by atoms with Gasteiger partial charge in [0.25, 0.3) is 5.91 Å². The average molecular weight is 396 g/mol. The molecule has 0 unspecified atom stereocenters. The normalized spacial score (nSPS) is 10.9. The molecule has 1 amide bonds. The number of ketones is 1. The summed E-state index contributed by atoms with van der Waals surface area (Å²) in [6.07, 6.45) is 3.61. The fourth-order valence-electron chi connectivity index (χ4n) is 2.83. The summed E-state index contributed by atoms with van der Waals surface area (Å²) in [5, 5.41) is 8.05. The van der Waals surface area contributed by atoms with Crippen LogP contribution in [0.3, 0.4) is 0 Å². The largest absolute Gasteiger partial charge is 0.486 e. The van der Waals surface area contributed by atoms with E-state index in [0.717, 1.165) is 5.56 Å². The number of amides is 1.